The summed E-state index contributed by atoms with van der Waals surface area (Å²) in [5.41, 5.74) is 3.70. The first-order valence-electron chi connectivity index (χ1n) is 11.5. The first-order chi connectivity index (χ1) is 15.5. The molecule has 32 heavy (non-hydrogen) atoms. The van der Waals surface area contributed by atoms with Crippen molar-refractivity contribution in [1.82, 2.24) is 9.88 Å². The van der Waals surface area contributed by atoms with E-state index in [1.54, 1.807) is 0 Å². The lowest BCUT2D eigenvalue weighted by molar-refractivity contribution is -0.126. The van der Waals surface area contributed by atoms with E-state index in [0.29, 0.717) is 24.6 Å². The molecule has 0 bridgehead atoms. The minimum absolute atomic E-state index is 0.0576. The molecule has 1 aliphatic carbocycles. The van der Waals surface area contributed by atoms with Crippen molar-refractivity contribution in [3.8, 4) is 11.5 Å². The van der Waals surface area contributed by atoms with Crippen molar-refractivity contribution in [2.45, 2.75) is 59.5 Å². The number of hydrogen-bond acceptors (Lipinski definition) is 5. The molecular weight excluding hydrogens is 408 g/mol. The Bertz CT molecular complexity index is 988. The minimum Gasteiger partial charge on any atom is -0.462 e. The average Bonchev–Trinajstić information content (AvgIpc) is 3.37. The molecule has 1 amide bonds. The van der Waals surface area contributed by atoms with Crippen LogP contribution < -0.4 is 14.8 Å². The molecule has 0 spiro atoms. The van der Waals surface area contributed by atoms with Crippen LogP contribution in [0.15, 0.2) is 24.3 Å². The Morgan fingerprint density at radius 3 is 2.59 bits per heavy atom. The fraction of sp³-hybridized carbons (Fsp3) is 0.520. The zero-order valence-corrected chi connectivity index (χ0v) is 19.1. The zero-order valence-electron chi connectivity index (χ0n) is 19.1. The molecule has 0 atom stereocenters. The highest BCUT2D eigenvalue weighted by atomic mass is 16.7. The van der Waals surface area contributed by atoms with Crippen molar-refractivity contribution in [2.75, 3.05) is 13.4 Å². The van der Waals surface area contributed by atoms with Crippen molar-refractivity contribution in [2.24, 2.45) is 11.8 Å². The quantitative estimate of drug-likeness (QED) is 0.655. The average molecular weight is 441 g/mol. The molecule has 2 aliphatic rings. The van der Waals surface area contributed by atoms with Crippen LogP contribution in [0.1, 0.15) is 59.9 Å². The molecule has 2 aromatic rings. The second-order valence-electron chi connectivity index (χ2n) is 8.74. The summed E-state index contributed by atoms with van der Waals surface area (Å²) in [7, 11) is 0. The number of ether oxygens (including phenoxy) is 3. The highest BCUT2D eigenvalue weighted by molar-refractivity contribution is 5.91. The van der Waals surface area contributed by atoms with E-state index in [1.807, 2.05) is 45.0 Å². The minimum atomic E-state index is -0.255. The van der Waals surface area contributed by atoms with E-state index in [4.69, 9.17) is 14.2 Å². The van der Waals surface area contributed by atoms with Gasteiger partial charge in [0.15, 0.2) is 11.5 Å². The standard InChI is InChI=1S/C25H32N2O5/c1-4-30-25(29)21-11-16(2)27(17(21)3)14-18-5-8-20(9-6-18)24(28)26-13-19-7-10-22-23(12-19)32-15-31-22/h7,10-12,18,20H,4-6,8-9,13-15H2,1-3H3,(H,26,28). The van der Waals surface area contributed by atoms with E-state index < -0.39 is 0 Å². The largest absolute Gasteiger partial charge is 0.462 e. The number of carbonyl (C=O) groups excluding carboxylic acids is 2. The van der Waals surface area contributed by atoms with Crippen LogP contribution in [0.25, 0.3) is 0 Å². The molecule has 7 heteroatoms. The summed E-state index contributed by atoms with van der Waals surface area (Å²) in [6.07, 6.45) is 3.80. The van der Waals surface area contributed by atoms with Crippen molar-refractivity contribution in [3.63, 3.8) is 0 Å². The number of amides is 1. The number of carbonyl (C=O) groups is 2. The Kier molecular flexibility index (Phi) is 6.72. The van der Waals surface area contributed by atoms with Crippen molar-refractivity contribution < 1.29 is 23.8 Å². The number of aromatic nitrogens is 1. The summed E-state index contributed by atoms with van der Waals surface area (Å²) in [5.74, 6) is 1.92. The molecule has 0 unspecified atom stereocenters. The molecule has 1 N–H and O–H groups in total. The van der Waals surface area contributed by atoms with Gasteiger partial charge in [0, 0.05) is 30.4 Å². The van der Waals surface area contributed by atoms with Crippen molar-refractivity contribution in [3.05, 3.63) is 46.8 Å². The molecule has 0 saturated heterocycles. The molecule has 1 aromatic carbocycles. The van der Waals surface area contributed by atoms with E-state index in [9.17, 15) is 9.59 Å². The smallest absolute Gasteiger partial charge is 0.339 e. The number of aryl methyl sites for hydroxylation is 1. The molecule has 0 radical (unpaired) electrons. The number of hydrogen-bond donors (Lipinski definition) is 1. The van der Waals surface area contributed by atoms with Gasteiger partial charge in [0.25, 0.3) is 0 Å². The molecule has 1 saturated carbocycles. The van der Waals surface area contributed by atoms with Gasteiger partial charge in [0.05, 0.1) is 12.2 Å². The molecule has 1 fully saturated rings. The molecule has 1 aliphatic heterocycles. The maximum atomic E-state index is 12.7. The SMILES string of the molecule is CCOC(=O)c1cc(C)n(CC2CCC(C(=O)NCc3ccc4c(c3)OCO4)CC2)c1C. The van der Waals surface area contributed by atoms with E-state index in [0.717, 1.165) is 60.7 Å². The van der Waals surface area contributed by atoms with Gasteiger partial charge in [-0.1, -0.05) is 6.07 Å². The molecule has 4 rings (SSSR count). The van der Waals surface area contributed by atoms with Gasteiger partial charge in [-0.05, 0) is 76.1 Å². The summed E-state index contributed by atoms with van der Waals surface area (Å²) in [6.45, 7) is 7.83. The van der Waals surface area contributed by atoms with E-state index in [-0.39, 0.29) is 24.6 Å². The third-order valence-electron chi connectivity index (χ3n) is 6.63. The molecule has 172 valence electrons. The Labute approximate surface area is 189 Å². The van der Waals surface area contributed by atoms with E-state index in [2.05, 4.69) is 9.88 Å². The summed E-state index contributed by atoms with van der Waals surface area (Å²) < 4.78 is 18.1. The van der Waals surface area contributed by atoms with Gasteiger partial charge in [-0.3, -0.25) is 4.79 Å². The van der Waals surface area contributed by atoms with Gasteiger partial charge in [-0.15, -0.1) is 0 Å². The Morgan fingerprint density at radius 1 is 1.09 bits per heavy atom. The lowest BCUT2D eigenvalue weighted by atomic mass is 9.81. The zero-order chi connectivity index (χ0) is 22.7. The van der Waals surface area contributed by atoms with Crippen LogP contribution in [0.4, 0.5) is 0 Å². The van der Waals surface area contributed by atoms with Crippen LogP contribution in [0.5, 0.6) is 11.5 Å². The van der Waals surface area contributed by atoms with Crippen LogP contribution in [0.2, 0.25) is 0 Å². The first kappa shape index (κ1) is 22.2. The Morgan fingerprint density at radius 2 is 1.84 bits per heavy atom. The summed E-state index contributed by atoms with van der Waals surface area (Å²) in [4.78, 5) is 24.9. The lowest BCUT2D eigenvalue weighted by Gasteiger charge is -2.29. The van der Waals surface area contributed by atoms with Crippen molar-refractivity contribution in [1.29, 1.82) is 0 Å². The highest BCUT2D eigenvalue weighted by Crippen LogP contribution is 2.33. The van der Waals surface area contributed by atoms with Gasteiger partial charge in [-0.2, -0.15) is 0 Å². The first-order valence-corrected chi connectivity index (χ1v) is 11.5. The maximum absolute atomic E-state index is 12.7. The van der Waals surface area contributed by atoms with Gasteiger partial charge < -0.3 is 24.1 Å². The summed E-state index contributed by atoms with van der Waals surface area (Å²) in [5, 5.41) is 3.08. The van der Waals surface area contributed by atoms with Gasteiger partial charge in [-0.25, -0.2) is 4.79 Å². The van der Waals surface area contributed by atoms with Crippen LogP contribution >= 0.6 is 0 Å². The van der Waals surface area contributed by atoms with Crippen LogP contribution in [-0.4, -0.2) is 29.8 Å². The van der Waals surface area contributed by atoms with Crippen LogP contribution in [0.3, 0.4) is 0 Å². The predicted octanol–water partition coefficient (Wildman–Crippen LogP) is 4.13. The monoisotopic (exact) mass is 440 g/mol. The van der Waals surface area contributed by atoms with Gasteiger partial charge in [0.1, 0.15) is 0 Å². The highest BCUT2D eigenvalue weighted by Gasteiger charge is 2.27. The van der Waals surface area contributed by atoms with Crippen LogP contribution in [-0.2, 0) is 22.6 Å². The number of rotatable bonds is 7. The number of nitrogens with one attached hydrogen (secondary N) is 1. The van der Waals surface area contributed by atoms with Crippen molar-refractivity contribution >= 4 is 11.9 Å². The molecule has 2 heterocycles. The molecule has 7 nitrogen and oxygen atoms in total. The topological polar surface area (TPSA) is 78.8 Å². The summed E-state index contributed by atoms with van der Waals surface area (Å²) >= 11 is 0. The lowest BCUT2D eigenvalue weighted by Crippen LogP contribution is -2.33. The van der Waals surface area contributed by atoms with E-state index >= 15 is 0 Å². The Balaban J connectivity index is 1.27. The summed E-state index contributed by atoms with van der Waals surface area (Å²) in [6, 6.07) is 7.68. The fourth-order valence-corrected chi connectivity index (χ4v) is 4.75. The number of fused-ring (bicyclic) bond motifs is 1. The normalized spacial score (nSPS) is 19.6. The Hall–Kier alpha value is -2.96. The number of benzene rings is 1. The maximum Gasteiger partial charge on any atom is 0.339 e. The van der Waals surface area contributed by atoms with Crippen LogP contribution in [0, 0.1) is 25.7 Å². The fourth-order valence-electron chi connectivity index (χ4n) is 4.75. The molecular formula is C25H32N2O5. The number of nitrogens with zero attached hydrogens (tertiary/aromatic N) is 1. The van der Waals surface area contributed by atoms with E-state index in [1.165, 1.54) is 0 Å². The molecule has 1 aromatic heterocycles. The third-order valence-corrected chi connectivity index (χ3v) is 6.63. The van der Waals surface area contributed by atoms with Gasteiger partial charge in [0.2, 0.25) is 12.7 Å². The van der Waals surface area contributed by atoms with Gasteiger partial charge >= 0.3 is 5.97 Å². The number of esters is 1. The third kappa shape index (κ3) is 4.76. The second kappa shape index (κ2) is 9.67. The predicted molar refractivity (Wildman–Crippen MR) is 120 cm³/mol. The second-order valence-corrected chi connectivity index (χ2v) is 8.74.